The first-order valence-corrected chi connectivity index (χ1v) is 8.12. The summed E-state index contributed by atoms with van der Waals surface area (Å²) in [5.74, 6) is 2.15. The van der Waals surface area contributed by atoms with Crippen molar-refractivity contribution < 1.29 is 4.74 Å². The Morgan fingerprint density at radius 1 is 1.35 bits per heavy atom. The zero-order chi connectivity index (χ0) is 16.2. The molecule has 0 saturated heterocycles. The molecule has 1 aliphatic rings. The first-order valence-electron chi connectivity index (χ1n) is 8.12. The second-order valence-corrected chi connectivity index (χ2v) is 6.40. The van der Waals surface area contributed by atoms with Crippen LogP contribution in [0, 0.1) is 5.92 Å². The van der Waals surface area contributed by atoms with Gasteiger partial charge in [0.25, 0.3) is 0 Å². The van der Waals surface area contributed by atoms with Gasteiger partial charge in [0.15, 0.2) is 0 Å². The molecular weight excluding hydrogens is 288 g/mol. The van der Waals surface area contributed by atoms with E-state index in [0.717, 1.165) is 43.2 Å². The Morgan fingerprint density at radius 2 is 2.22 bits per heavy atom. The smallest absolute Gasteiger partial charge is 0.227 e. The van der Waals surface area contributed by atoms with E-state index in [1.54, 1.807) is 7.11 Å². The molecule has 2 heterocycles. The molecule has 0 atom stereocenters. The molecule has 1 aromatic heterocycles. The highest BCUT2D eigenvalue weighted by atomic mass is 16.5. The maximum atomic E-state index is 5.24. The van der Waals surface area contributed by atoms with Gasteiger partial charge in [0.2, 0.25) is 5.95 Å². The van der Waals surface area contributed by atoms with Gasteiger partial charge in [0.05, 0.1) is 12.8 Å². The van der Waals surface area contributed by atoms with E-state index < -0.39 is 0 Å². The Bertz CT molecular complexity index is 672. The highest BCUT2D eigenvalue weighted by Crippen LogP contribution is 2.22. The van der Waals surface area contributed by atoms with Crippen LogP contribution in [-0.4, -0.2) is 35.1 Å². The van der Waals surface area contributed by atoms with Gasteiger partial charge in [-0.2, -0.15) is 0 Å². The highest BCUT2D eigenvalue weighted by molar-refractivity contribution is 5.56. The summed E-state index contributed by atoms with van der Waals surface area (Å²) in [6, 6.07) is 7.79. The van der Waals surface area contributed by atoms with Crippen molar-refractivity contribution in [2.75, 3.05) is 25.5 Å². The highest BCUT2D eigenvalue weighted by Gasteiger charge is 2.18. The third-order valence-electron chi connectivity index (χ3n) is 3.96. The van der Waals surface area contributed by atoms with E-state index in [9.17, 15) is 0 Å². The average molecular weight is 312 g/mol. The molecule has 1 aliphatic heterocycles. The fourth-order valence-corrected chi connectivity index (χ4v) is 2.94. The number of methoxy groups -OCH3 is 1. The number of fused-ring (bicyclic) bond motifs is 1. The average Bonchev–Trinajstić information content (AvgIpc) is 2.54. The maximum absolute atomic E-state index is 5.24. The number of hydrogen-bond donors (Lipinski definition) is 1. The molecule has 1 aromatic carbocycles. The van der Waals surface area contributed by atoms with Gasteiger partial charge in [-0.05, 0) is 18.1 Å². The van der Waals surface area contributed by atoms with E-state index in [-0.39, 0.29) is 0 Å². The molecule has 0 unspecified atom stereocenters. The lowest BCUT2D eigenvalue weighted by atomic mass is 10.1. The summed E-state index contributed by atoms with van der Waals surface area (Å²) < 4.78 is 5.24. The summed E-state index contributed by atoms with van der Waals surface area (Å²) in [5.41, 5.74) is 3.33. The lowest BCUT2D eigenvalue weighted by molar-refractivity contribution is 0.224. The first-order chi connectivity index (χ1) is 11.1. The molecular formula is C18H24N4O. The number of aromatic nitrogens is 2. The second-order valence-electron chi connectivity index (χ2n) is 6.40. The topological polar surface area (TPSA) is 50.3 Å². The van der Waals surface area contributed by atoms with Crippen molar-refractivity contribution in [3.8, 4) is 5.75 Å². The number of benzene rings is 1. The van der Waals surface area contributed by atoms with E-state index in [1.165, 1.54) is 5.56 Å². The van der Waals surface area contributed by atoms with Crippen LogP contribution in [0.3, 0.4) is 0 Å². The van der Waals surface area contributed by atoms with Gasteiger partial charge in [0.1, 0.15) is 5.75 Å². The summed E-state index contributed by atoms with van der Waals surface area (Å²) in [6.07, 6.45) is 2.94. The second kappa shape index (κ2) is 6.96. The van der Waals surface area contributed by atoms with Crippen molar-refractivity contribution in [1.29, 1.82) is 0 Å². The summed E-state index contributed by atoms with van der Waals surface area (Å²) in [4.78, 5) is 11.6. The van der Waals surface area contributed by atoms with Crippen molar-refractivity contribution in [3.63, 3.8) is 0 Å². The lowest BCUT2D eigenvalue weighted by Gasteiger charge is -2.29. The van der Waals surface area contributed by atoms with Crippen LogP contribution >= 0.6 is 0 Å². The molecule has 0 saturated carbocycles. The molecule has 5 heteroatoms. The molecule has 0 amide bonds. The summed E-state index contributed by atoms with van der Waals surface area (Å²) in [6.45, 7) is 7.66. The number of nitrogens with one attached hydrogen (secondary N) is 1. The quantitative estimate of drug-likeness (QED) is 0.918. The van der Waals surface area contributed by atoms with Crippen LogP contribution in [0.2, 0.25) is 0 Å². The molecule has 2 aromatic rings. The van der Waals surface area contributed by atoms with Gasteiger partial charge >= 0.3 is 0 Å². The van der Waals surface area contributed by atoms with Crippen molar-refractivity contribution in [1.82, 2.24) is 14.9 Å². The van der Waals surface area contributed by atoms with Crippen LogP contribution in [0.25, 0.3) is 0 Å². The van der Waals surface area contributed by atoms with Gasteiger partial charge in [-0.15, -0.1) is 0 Å². The van der Waals surface area contributed by atoms with Crippen LogP contribution in [0.4, 0.5) is 11.6 Å². The third kappa shape index (κ3) is 3.99. The van der Waals surface area contributed by atoms with Gasteiger partial charge in [0, 0.05) is 49.6 Å². The molecule has 122 valence electrons. The van der Waals surface area contributed by atoms with Crippen LogP contribution in [0.15, 0.2) is 30.5 Å². The predicted molar refractivity (Wildman–Crippen MR) is 92.1 cm³/mol. The normalized spacial score (nSPS) is 14.6. The molecule has 0 fully saturated rings. The Balaban J connectivity index is 1.72. The SMILES string of the molecule is COc1cccc(Nc2ncc3c(n2)CCN(CC(C)C)C3)c1. The van der Waals surface area contributed by atoms with Crippen LogP contribution < -0.4 is 10.1 Å². The van der Waals surface area contributed by atoms with Crippen molar-refractivity contribution >= 4 is 11.6 Å². The predicted octanol–water partition coefficient (Wildman–Crippen LogP) is 3.24. The molecule has 3 rings (SSSR count). The molecule has 0 spiro atoms. The Hall–Kier alpha value is -2.14. The van der Waals surface area contributed by atoms with Gasteiger partial charge in [-0.3, -0.25) is 4.90 Å². The summed E-state index contributed by atoms with van der Waals surface area (Å²) >= 11 is 0. The van der Waals surface area contributed by atoms with Crippen LogP contribution in [0.1, 0.15) is 25.1 Å². The van der Waals surface area contributed by atoms with E-state index in [4.69, 9.17) is 4.74 Å². The van der Waals surface area contributed by atoms with Crippen LogP contribution in [0.5, 0.6) is 5.75 Å². The fourth-order valence-electron chi connectivity index (χ4n) is 2.94. The van der Waals surface area contributed by atoms with Crippen molar-refractivity contribution in [3.05, 3.63) is 41.7 Å². The molecule has 5 nitrogen and oxygen atoms in total. The van der Waals surface area contributed by atoms with Gasteiger partial charge in [-0.1, -0.05) is 19.9 Å². The number of nitrogens with zero attached hydrogens (tertiary/aromatic N) is 3. The van der Waals surface area contributed by atoms with Gasteiger partial charge in [-0.25, -0.2) is 9.97 Å². The molecule has 0 radical (unpaired) electrons. The van der Waals surface area contributed by atoms with Crippen molar-refractivity contribution in [2.24, 2.45) is 5.92 Å². The minimum Gasteiger partial charge on any atom is -0.497 e. The zero-order valence-corrected chi connectivity index (χ0v) is 14.0. The Labute approximate surface area is 137 Å². The molecule has 0 aliphatic carbocycles. The van der Waals surface area contributed by atoms with Crippen molar-refractivity contribution in [2.45, 2.75) is 26.8 Å². The van der Waals surface area contributed by atoms with Gasteiger partial charge < -0.3 is 10.1 Å². The minimum absolute atomic E-state index is 0.648. The largest absolute Gasteiger partial charge is 0.497 e. The zero-order valence-electron chi connectivity index (χ0n) is 14.0. The number of hydrogen-bond acceptors (Lipinski definition) is 5. The third-order valence-corrected chi connectivity index (χ3v) is 3.96. The lowest BCUT2D eigenvalue weighted by Crippen LogP contribution is -2.34. The fraction of sp³-hybridized carbons (Fsp3) is 0.444. The van der Waals surface area contributed by atoms with E-state index >= 15 is 0 Å². The van der Waals surface area contributed by atoms with E-state index in [2.05, 4.69) is 34.0 Å². The first kappa shape index (κ1) is 15.7. The maximum Gasteiger partial charge on any atom is 0.227 e. The minimum atomic E-state index is 0.648. The van der Waals surface area contributed by atoms with E-state index in [1.807, 2.05) is 30.5 Å². The number of rotatable bonds is 5. The molecule has 0 bridgehead atoms. The number of anilines is 2. The van der Waals surface area contributed by atoms with E-state index in [0.29, 0.717) is 11.9 Å². The Kier molecular flexibility index (Phi) is 4.76. The molecule has 23 heavy (non-hydrogen) atoms. The monoisotopic (exact) mass is 312 g/mol. The molecule has 1 N–H and O–H groups in total. The number of ether oxygens (including phenoxy) is 1. The standard InChI is InChI=1S/C18H24N4O/c1-13(2)11-22-8-7-17-14(12-22)10-19-18(21-17)20-15-5-4-6-16(9-15)23-3/h4-6,9-10,13H,7-8,11-12H2,1-3H3,(H,19,20,21). The van der Waals surface area contributed by atoms with Crippen LogP contribution in [-0.2, 0) is 13.0 Å². The summed E-state index contributed by atoms with van der Waals surface area (Å²) in [5, 5.41) is 3.26. The summed E-state index contributed by atoms with van der Waals surface area (Å²) in [7, 11) is 1.66. The Morgan fingerprint density at radius 3 is 3.00 bits per heavy atom.